The van der Waals surface area contributed by atoms with E-state index in [1.54, 1.807) is 10.6 Å². The molecule has 0 saturated heterocycles. The molecule has 0 aromatic carbocycles. The molecule has 3 rings (SSSR count). The number of rotatable bonds is 3. The number of aromatic nitrogens is 4. The molecule has 2 aromatic rings. The Balaban J connectivity index is 1.92. The minimum absolute atomic E-state index is 0.0559. The quantitative estimate of drug-likeness (QED) is 0.847. The van der Waals surface area contributed by atoms with Crippen LogP contribution in [0.5, 0.6) is 0 Å². The van der Waals surface area contributed by atoms with E-state index >= 15 is 0 Å². The van der Waals surface area contributed by atoms with E-state index in [0.29, 0.717) is 11.5 Å². The molecule has 0 spiro atoms. The normalized spacial score (nSPS) is 22.0. The van der Waals surface area contributed by atoms with Gasteiger partial charge in [0.15, 0.2) is 0 Å². The van der Waals surface area contributed by atoms with Crippen molar-refractivity contribution in [2.75, 3.05) is 0 Å². The van der Waals surface area contributed by atoms with Crippen LogP contribution in [0.3, 0.4) is 0 Å². The van der Waals surface area contributed by atoms with Gasteiger partial charge in [0.2, 0.25) is 0 Å². The van der Waals surface area contributed by atoms with Gasteiger partial charge in [-0.05, 0) is 24.8 Å². The highest BCUT2D eigenvalue weighted by Gasteiger charge is 2.29. The number of nitrogens with zero attached hydrogens (tertiary/aromatic N) is 4. The highest BCUT2D eigenvalue weighted by atomic mass is 16.2. The second-order valence-electron chi connectivity index (χ2n) is 5.51. The first-order valence-electron chi connectivity index (χ1n) is 6.83. The summed E-state index contributed by atoms with van der Waals surface area (Å²) in [5.74, 6) is 0.469. The highest BCUT2D eigenvalue weighted by molar-refractivity contribution is 5.93. The Hall–Kier alpha value is -2.02. The predicted octanol–water partition coefficient (Wildman–Crippen LogP) is 0.467. The van der Waals surface area contributed by atoms with E-state index in [4.69, 9.17) is 5.73 Å². The zero-order valence-electron chi connectivity index (χ0n) is 11.6. The van der Waals surface area contributed by atoms with Gasteiger partial charge in [0.1, 0.15) is 12.0 Å². The maximum atomic E-state index is 12.2. The average molecular weight is 274 g/mol. The molecule has 3 N–H and O–H groups in total. The van der Waals surface area contributed by atoms with Crippen molar-refractivity contribution < 1.29 is 4.79 Å². The van der Waals surface area contributed by atoms with Gasteiger partial charge in [-0.25, -0.2) is 9.50 Å². The summed E-state index contributed by atoms with van der Waals surface area (Å²) in [4.78, 5) is 20.6. The van der Waals surface area contributed by atoms with Crippen molar-refractivity contribution in [2.45, 2.75) is 44.7 Å². The highest BCUT2D eigenvalue weighted by Crippen LogP contribution is 2.19. The minimum Gasteiger partial charge on any atom is -0.346 e. The maximum Gasteiger partial charge on any atom is 0.270 e. The fourth-order valence-electron chi connectivity index (χ4n) is 2.31. The number of carbonyl (C=O) groups is 1. The molecule has 106 valence electrons. The molecule has 0 aliphatic heterocycles. The summed E-state index contributed by atoms with van der Waals surface area (Å²) in [6.45, 7) is 4.08. The lowest BCUT2D eigenvalue weighted by Crippen LogP contribution is -2.54. The van der Waals surface area contributed by atoms with Crippen molar-refractivity contribution in [2.24, 2.45) is 5.73 Å². The lowest BCUT2D eigenvalue weighted by molar-refractivity contribution is 0.0900. The van der Waals surface area contributed by atoms with Crippen LogP contribution in [-0.2, 0) is 0 Å². The zero-order valence-corrected chi connectivity index (χ0v) is 11.6. The second kappa shape index (κ2) is 4.82. The van der Waals surface area contributed by atoms with E-state index < -0.39 is 0 Å². The van der Waals surface area contributed by atoms with Gasteiger partial charge in [0, 0.05) is 12.1 Å². The molecule has 1 aliphatic rings. The first-order valence-corrected chi connectivity index (χ1v) is 6.83. The van der Waals surface area contributed by atoms with Crippen LogP contribution in [0.1, 0.15) is 48.8 Å². The molecule has 7 nitrogen and oxygen atoms in total. The summed E-state index contributed by atoms with van der Waals surface area (Å²) in [6.07, 6.45) is 3.33. The van der Waals surface area contributed by atoms with Crippen molar-refractivity contribution >= 4 is 11.7 Å². The van der Waals surface area contributed by atoms with Crippen LogP contribution in [0.15, 0.2) is 12.4 Å². The van der Waals surface area contributed by atoms with Crippen molar-refractivity contribution in [1.82, 2.24) is 24.9 Å². The number of nitrogens with two attached hydrogens (primary N) is 1. The first kappa shape index (κ1) is 13.0. The molecule has 1 aliphatic carbocycles. The molecular weight excluding hydrogens is 256 g/mol. The van der Waals surface area contributed by atoms with Gasteiger partial charge in [0.05, 0.1) is 5.69 Å². The van der Waals surface area contributed by atoms with E-state index in [-0.39, 0.29) is 23.9 Å². The summed E-state index contributed by atoms with van der Waals surface area (Å²) in [7, 11) is 0. The molecule has 1 fully saturated rings. The molecule has 1 saturated carbocycles. The largest absolute Gasteiger partial charge is 0.346 e. The molecule has 2 heterocycles. The summed E-state index contributed by atoms with van der Waals surface area (Å²) in [5.41, 5.74) is 7.12. The molecular formula is C13H18N6O. The second-order valence-corrected chi connectivity index (χ2v) is 5.51. The molecule has 0 radical (unpaired) electrons. The minimum atomic E-state index is -0.197. The molecule has 2 atom stereocenters. The van der Waals surface area contributed by atoms with E-state index in [2.05, 4.69) is 20.4 Å². The Morgan fingerprint density at radius 1 is 1.50 bits per heavy atom. The lowest BCUT2D eigenvalue weighted by Gasteiger charge is -2.33. The van der Waals surface area contributed by atoms with Crippen LogP contribution in [0, 0.1) is 0 Å². The number of carbonyl (C=O) groups excluding carboxylic acids is 1. The van der Waals surface area contributed by atoms with E-state index in [1.807, 2.05) is 13.8 Å². The Morgan fingerprint density at radius 3 is 2.90 bits per heavy atom. The number of amides is 1. The van der Waals surface area contributed by atoms with Crippen molar-refractivity contribution in [3.63, 3.8) is 0 Å². The van der Waals surface area contributed by atoms with Crippen LogP contribution in [0.2, 0.25) is 0 Å². The van der Waals surface area contributed by atoms with Gasteiger partial charge in [-0.2, -0.15) is 10.1 Å². The summed E-state index contributed by atoms with van der Waals surface area (Å²) >= 11 is 0. The monoisotopic (exact) mass is 274 g/mol. The van der Waals surface area contributed by atoms with Gasteiger partial charge < -0.3 is 11.1 Å². The molecule has 20 heavy (non-hydrogen) atoms. The Labute approximate surface area is 116 Å². The number of fused-ring (bicyclic) bond motifs is 1. The number of hydrogen-bond donors (Lipinski definition) is 2. The molecule has 2 aromatic heterocycles. The van der Waals surface area contributed by atoms with Gasteiger partial charge in [0.25, 0.3) is 11.7 Å². The maximum absolute atomic E-state index is 12.2. The Kier molecular flexibility index (Phi) is 3.13. The first-order chi connectivity index (χ1) is 9.56. The van der Waals surface area contributed by atoms with E-state index in [0.717, 1.165) is 18.5 Å². The molecule has 0 unspecified atom stereocenters. The van der Waals surface area contributed by atoms with Gasteiger partial charge in [-0.15, -0.1) is 0 Å². The Bertz CT molecular complexity index is 649. The summed E-state index contributed by atoms with van der Waals surface area (Å²) in [6, 6.07) is 1.88. The smallest absolute Gasteiger partial charge is 0.270 e. The molecule has 0 bridgehead atoms. The third kappa shape index (κ3) is 2.14. The lowest BCUT2D eigenvalue weighted by atomic mass is 9.87. The molecule has 7 heteroatoms. The summed E-state index contributed by atoms with van der Waals surface area (Å²) < 4.78 is 1.66. The SMILES string of the molecule is CC(C)c1cc(C(=O)N[C@@H]2CC[C@@H]2N)nc2ncnn12. The molecule has 1 amide bonds. The van der Waals surface area contributed by atoms with Crippen LogP contribution < -0.4 is 11.1 Å². The zero-order chi connectivity index (χ0) is 14.3. The fourth-order valence-corrected chi connectivity index (χ4v) is 2.31. The Morgan fingerprint density at radius 2 is 2.30 bits per heavy atom. The van der Waals surface area contributed by atoms with Crippen molar-refractivity contribution in [3.8, 4) is 0 Å². The van der Waals surface area contributed by atoms with Crippen LogP contribution in [0.25, 0.3) is 5.78 Å². The third-order valence-electron chi connectivity index (χ3n) is 3.75. The van der Waals surface area contributed by atoms with Gasteiger partial charge in [-0.3, -0.25) is 4.79 Å². The summed E-state index contributed by atoms with van der Waals surface area (Å²) in [5, 5.41) is 7.05. The van der Waals surface area contributed by atoms with E-state index in [9.17, 15) is 4.79 Å². The fraction of sp³-hybridized carbons (Fsp3) is 0.538. The van der Waals surface area contributed by atoms with Crippen LogP contribution in [-0.4, -0.2) is 37.6 Å². The van der Waals surface area contributed by atoms with E-state index in [1.165, 1.54) is 6.33 Å². The standard InChI is InChI=1S/C13H18N6O/c1-7(2)11-5-10(18-13-15-6-16-19(11)13)12(20)17-9-4-3-8(9)14/h5-9H,3-4,14H2,1-2H3,(H,17,20)/t8-,9+/m0/s1. The van der Waals surface area contributed by atoms with Gasteiger partial charge >= 0.3 is 0 Å². The average Bonchev–Trinajstić information content (AvgIpc) is 2.89. The van der Waals surface area contributed by atoms with Crippen LogP contribution in [0.4, 0.5) is 0 Å². The number of nitrogens with one attached hydrogen (secondary N) is 1. The topological polar surface area (TPSA) is 98.2 Å². The number of hydrogen-bond acceptors (Lipinski definition) is 5. The third-order valence-corrected chi connectivity index (χ3v) is 3.75. The van der Waals surface area contributed by atoms with Gasteiger partial charge in [-0.1, -0.05) is 13.8 Å². The van der Waals surface area contributed by atoms with Crippen molar-refractivity contribution in [3.05, 3.63) is 23.8 Å². The predicted molar refractivity (Wildman–Crippen MR) is 73.3 cm³/mol. The van der Waals surface area contributed by atoms with Crippen LogP contribution >= 0.6 is 0 Å². The van der Waals surface area contributed by atoms with Crippen molar-refractivity contribution in [1.29, 1.82) is 0 Å².